The first kappa shape index (κ1) is 16.6. The number of furan rings is 1. The molecule has 0 atom stereocenters. The standard InChI is InChI=1S/C17H18BrN3O3/c1-20(11-12-8-9-15(18)24-12)17(23)19-13-5-2-3-6-14(13)21-10-4-7-16(21)22/h2-3,5-6,8-9H,4,7,10-11H2,1H3,(H,19,23). The maximum atomic E-state index is 12.4. The predicted octanol–water partition coefficient (Wildman–Crippen LogP) is 3.83. The third kappa shape index (κ3) is 3.62. The van der Waals surface area contributed by atoms with Crippen molar-refractivity contribution in [3.63, 3.8) is 0 Å². The highest BCUT2D eigenvalue weighted by molar-refractivity contribution is 9.10. The van der Waals surface area contributed by atoms with Gasteiger partial charge in [-0.1, -0.05) is 12.1 Å². The molecular formula is C17H18BrN3O3. The van der Waals surface area contributed by atoms with E-state index in [0.29, 0.717) is 35.6 Å². The van der Waals surface area contributed by atoms with Crippen LogP contribution < -0.4 is 10.2 Å². The van der Waals surface area contributed by atoms with Crippen LogP contribution in [0.2, 0.25) is 0 Å². The molecule has 7 heteroatoms. The van der Waals surface area contributed by atoms with Crippen LogP contribution in [0.3, 0.4) is 0 Å². The smallest absolute Gasteiger partial charge is 0.322 e. The maximum absolute atomic E-state index is 12.4. The highest BCUT2D eigenvalue weighted by Crippen LogP contribution is 2.29. The number of rotatable bonds is 4. The van der Waals surface area contributed by atoms with Crippen LogP contribution in [0.5, 0.6) is 0 Å². The van der Waals surface area contributed by atoms with Gasteiger partial charge in [-0.2, -0.15) is 0 Å². The molecule has 3 amide bonds. The van der Waals surface area contributed by atoms with Gasteiger partial charge in [0.25, 0.3) is 0 Å². The second-order valence-electron chi connectivity index (χ2n) is 5.66. The molecule has 1 fully saturated rings. The van der Waals surface area contributed by atoms with E-state index in [1.54, 1.807) is 24.1 Å². The Labute approximate surface area is 148 Å². The third-order valence-electron chi connectivity index (χ3n) is 3.88. The number of amides is 3. The molecule has 0 saturated carbocycles. The van der Waals surface area contributed by atoms with Crippen molar-refractivity contribution in [3.8, 4) is 0 Å². The number of carbonyl (C=O) groups is 2. The van der Waals surface area contributed by atoms with Crippen molar-refractivity contribution in [1.29, 1.82) is 0 Å². The first-order chi connectivity index (χ1) is 11.5. The Kier molecular flexibility index (Phi) is 4.89. The zero-order valence-corrected chi connectivity index (χ0v) is 14.9. The topological polar surface area (TPSA) is 65.8 Å². The summed E-state index contributed by atoms with van der Waals surface area (Å²) in [5.74, 6) is 0.771. The second kappa shape index (κ2) is 7.09. The van der Waals surface area contributed by atoms with Crippen molar-refractivity contribution in [1.82, 2.24) is 4.90 Å². The third-order valence-corrected chi connectivity index (χ3v) is 4.30. The molecule has 0 radical (unpaired) electrons. The summed E-state index contributed by atoms with van der Waals surface area (Å²) >= 11 is 3.24. The number of anilines is 2. The quantitative estimate of drug-likeness (QED) is 0.860. The zero-order chi connectivity index (χ0) is 17.1. The van der Waals surface area contributed by atoms with Crippen LogP contribution in [0.1, 0.15) is 18.6 Å². The van der Waals surface area contributed by atoms with Crippen LogP contribution in [0.25, 0.3) is 0 Å². The minimum atomic E-state index is -0.262. The Bertz CT molecular complexity index is 759. The molecule has 0 spiro atoms. The van der Waals surface area contributed by atoms with Crippen LogP contribution >= 0.6 is 15.9 Å². The van der Waals surface area contributed by atoms with Gasteiger partial charge in [0.05, 0.1) is 17.9 Å². The number of para-hydroxylation sites is 2. The molecule has 2 heterocycles. The summed E-state index contributed by atoms with van der Waals surface area (Å²) in [6, 6.07) is 10.7. The number of carbonyl (C=O) groups excluding carboxylic acids is 2. The normalized spacial score (nSPS) is 14.1. The Hall–Kier alpha value is -2.28. The van der Waals surface area contributed by atoms with Crippen molar-refractivity contribution >= 4 is 39.2 Å². The molecule has 126 valence electrons. The number of hydrogen-bond donors (Lipinski definition) is 1. The van der Waals surface area contributed by atoms with Crippen molar-refractivity contribution in [2.24, 2.45) is 0 Å². The summed E-state index contributed by atoms with van der Waals surface area (Å²) < 4.78 is 6.04. The summed E-state index contributed by atoms with van der Waals surface area (Å²) in [4.78, 5) is 27.6. The number of nitrogens with zero attached hydrogens (tertiary/aromatic N) is 2. The van der Waals surface area contributed by atoms with E-state index in [1.165, 1.54) is 4.90 Å². The van der Waals surface area contributed by atoms with Gasteiger partial charge in [-0.3, -0.25) is 4.79 Å². The highest BCUT2D eigenvalue weighted by Gasteiger charge is 2.24. The molecule has 0 unspecified atom stereocenters. The van der Waals surface area contributed by atoms with Gasteiger partial charge in [0, 0.05) is 20.0 Å². The largest absolute Gasteiger partial charge is 0.452 e. The first-order valence-corrected chi connectivity index (χ1v) is 8.49. The fourth-order valence-electron chi connectivity index (χ4n) is 2.67. The summed E-state index contributed by atoms with van der Waals surface area (Å²) in [6.45, 7) is 1.03. The van der Waals surface area contributed by atoms with Crippen molar-refractivity contribution in [2.45, 2.75) is 19.4 Å². The summed E-state index contributed by atoms with van der Waals surface area (Å²) in [7, 11) is 1.69. The van der Waals surface area contributed by atoms with Gasteiger partial charge < -0.3 is 19.5 Å². The maximum Gasteiger partial charge on any atom is 0.322 e. The second-order valence-corrected chi connectivity index (χ2v) is 6.44. The first-order valence-electron chi connectivity index (χ1n) is 7.70. The molecule has 1 aliphatic rings. The minimum Gasteiger partial charge on any atom is -0.452 e. The predicted molar refractivity (Wildman–Crippen MR) is 94.9 cm³/mol. The molecule has 6 nitrogen and oxygen atoms in total. The molecule has 1 aromatic heterocycles. The molecule has 1 N–H and O–H groups in total. The van der Waals surface area contributed by atoms with Crippen LogP contribution in [0.15, 0.2) is 45.5 Å². The van der Waals surface area contributed by atoms with Gasteiger partial charge >= 0.3 is 6.03 Å². The Morgan fingerprint density at radius 3 is 2.79 bits per heavy atom. The van der Waals surface area contributed by atoms with Crippen molar-refractivity contribution in [3.05, 3.63) is 46.8 Å². The number of nitrogens with one attached hydrogen (secondary N) is 1. The lowest BCUT2D eigenvalue weighted by Gasteiger charge is -2.22. The summed E-state index contributed by atoms with van der Waals surface area (Å²) in [5, 5.41) is 2.87. The zero-order valence-electron chi connectivity index (χ0n) is 13.3. The lowest BCUT2D eigenvalue weighted by Crippen LogP contribution is -2.32. The lowest BCUT2D eigenvalue weighted by atomic mass is 10.2. The fourth-order valence-corrected chi connectivity index (χ4v) is 3.01. The van der Waals surface area contributed by atoms with E-state index in [9.17, 15) is 9.59 Å². The Morgan fingerprint density at radius 2 is 2.12 bits per heavy atom. The molecule has 2 aromatic rings. The molecule has 1 aliphatic heterocycles. The van der Waals surface area contributed by atoms with Crippen LogP contribution in [0, 0.1) is 0 Å². The summed E-state index contributed by atoms with van der Waals surface area (Å²) in [5.41, 5.74) is 1.37. The Morgan fingerprint density at radius 1 is 1.33 bits per heavy atom. The van der Waals surface area contributed by atoms with Crippen LogP contribution in [-0.2, 0) is 11.3 Å². The number of hydrogen-bond acceptors (Lipinski definition) is 3. The molecule has 0 bridgehead atoms. The molecule has 1 aromatic carbocycles. The number of urea groups is 1. The van der Waals surface area contributed by atoms with E-state index in [1.807, 2.05) is 24.3 Å². The van der Waals surface area contributed by atoms with E-state index in [4.69, 9.17) is 4.42 Å². The Balaban J connectivity index is 1.71. The average Bonchev–Trinajstić information content (AvgIpc) is 3.16. The van der Waals surface area contributed by atoms with Crippen molar-refractivity contribution in [2.75, 3.05) is 23.8 Å². The van der Waals surface area contributed by atoms with E-state index < -0.39 is 0 Å². The van der Waals surface area contributed by atoms with Gasteiger partial charge in [0.15, 0.2) is 4.67 Å². The molecule has 0 aliphatic carbocycles. The van der Waals surface area contributed by atoms with Gasteiger partial charge in [-0.15, -0.1) is 0 Å². The molecule has 24 heavy (non-hydrogen) atoms. The lowest BCUT2D eigenvalue weighted by molar-refractivity contribution is -0.117. The number of halogens is 1. The van der Waals surface area contributed by atoms with Gasteiger partial charge in [-0.05, 0) is 46.6 Å². The SMILES string of the molecule is CN(Cc1ccc(Br)o1)C(=O)Nc1ccccc1N1CCCC1=O. The van der Waals surface area contributed by atoms with Crippen LogP contribution in [0.4, 0.5) is 16.2 Å². The number of benzene rings is 1. The minimum absolute atomic E-state index is 0.0884. The average molecular weight is 392 g/mol. The van der Waals surface area contributed by atoms with Gasteiger partial charge in [0.2, 0.25) is 5.91 Å². The van der Waals surface area contributed by atoms with Crippen molar-refractivity contribution < 1.29 is 14.0 Å². The molecular weight excluding hydrogens is 374 g/mol. The van der Waals surface area contributed by atoms with Crippen LogP contribution in [-0.4, -0.2) is 30.4 Å². The fraction of sp³-hybridized carbons (Fsp3) is 0.294. The van der Waals surface area contributed by atoms with Gasteiger partial charge in [0.1, 0.15) is 5.76 Å². The highest BCUT2D eigenvalue weighted by atomic mass is 79.9. The molecule has 1 saturated heterocycles. The van der Waals surface area contributed by atoms with E-state index in [-0.39, 0.29) is 11.9 Å². The van der Waals surface area contributed by atoms with E-state index in [0.717, 1.165) is 12.1 Å². The van der Waals surface area contributed by atoms with E-state index >= 15 is 0 Å². The summed E-state index contributed by atoms with van der Waals surface area (Å²) in [6.07, 6.45) is 1.39. The molecule has 3 rings (SSSR count). The monoisotopic (exact) mass is 391 g/mol. The van der Waals surface area contributed by atoms with E-state index in [2.05, 4.69) is 21.2 Å². The van der Waals surface area contributed by atoms with Gasteiger partial charge in [-0.25, -0.2) is 4.79 Å².